The van der Waals surface area contributed by atoms with Gasteiger partial charge < -0.3 is 24.3 Å². The second-order valence-electron chi connectivity index (χ2n) is 6.75. The van der Waals surface area contributed by atoms with Crippen LogP contribution in [-0.4, -0.2) is 34.3 Å². The summed E-state index contributed by atoms with van der Waals surface area (Å²) in [5.74, 6) is 2.80. The monoisotopic (exact) mass is 385 g/mol. The van der Waals surface area contributed by atoms with Crippen molar-refractivity contribution >= 4 is 5.91 Å². The van der Waals surface area contributed by atoms with Crippen molar-refractivity contribution in [3.8, 4) is 23.0 Å². The van der Waals surface area contributed by atoms with Gasteiger partial charge in [0.1, 0.15) is 0 Å². The number of fused-ring (bicyclic) bond motifs is 1. The van der Waals surface area contributed by atoms with Crippen LogP contribution in [0.5, 0.6) is 23.0 Å². The Labute approximate surface area is 165 Å². The molecule has 0 aliphatic heterocycles. The van der Waals surface area contributed by atoms with Crippen molar-refractivity contribution in [2.45, 2.75) is 31.7 Å². The van der Waals surface area contributed by atoms with Crippen LogP contribution >= 0.6 is 0 Å². The molecule has 0 aromatic heterocycles. The van der Waals surface area contributed by atoms with E-state index in [9.17, 15) is 4.79 Å². The molecule has 1 amide bonds. The Bertz CT molecular complexity index is 849. The molecule has 6 nitrogen and oxygen atoms in total. The third-order valence-corrected chi connectivity index (χ3v) is 5.15. The van der Waals surface area contributed by atoms with E-state index < -0.39 is 0 Å². The van der Waals surface area contributed by atoms with Crippen LogP contribution in [0.25, 0.3) is 0 Å². The molecule has 0 heterocycles. The third-order valence-electron chi connectivity index (χ3n) is 5.15. The van der Waals surface area contributed by atoms with Crippen LogP contribution in [0.2, 0.25) is 0 Å². The number of hydrogen-bond donors (Lipinski definition) is 1. The minimum atomic E-state index is 0.00714. The van der Waals surface area contributed by atoms with Crippen molar-refractivity contribution in [3.05, 3.63) is 47.0 Å². The van der Waals surface area contributed by atoms with E-state index in [1.54, 1.807) is 28.4 Å². The highest BCUT2D eigenvalue weighted by molar-refractivity contribution is 5.77. The molecule has 2 aromatic carbocycles. The van der Waals surface area contributed by atoms with Gasteiger partial charge >= 0.3 is 0 Å². The van der Waals surface area contributed by atoms with Gasteiger partial charge in [-0.1, -0.05) is 6.07 Å². The molecule has 1 aliphatic carbocycles. The van der Waals surface area contributed by atoms with E-state index in [-0.39, 0.29) is 11.9 Å². The largest absolute Gasteiger partial charge is 0.493 e. The van der Waals surface area contributed by atoms with Gasteiger partial charge in [-0.25, -0.2) is 0 Å². The highest BCUT2D eigenvalue weighted by Crippen LogP contribution is 2.39. The lowest BCUT2D eigenvalue weighted by molar-refractivity contribution is -0.121. The van der Waals surface area contributed by atoms with Gasteiger partial charge in [-0.05, 0) is 60.2 Å². The van der Waals surface area contributed by atoms with E-state index in [1.807, 2.05) is 30.3 Å². The molecule has 0 saturated carbocycles. The molecule has 150 valence electrons. The standard InChI is InChI=1S/C22H27NO5/c1-25-18-9-5-14(11-19(18)26-2)6-10-22(24)23-17-8-7-15-12-20(27-3)21(28-4)13-16(15)17/h5,9,11-13,17H,6-8,10H2,1-4H3,(H,23,24)/t17-/m1/s1. The number of carbonyl (C=O) groups is 1. The number of methoxy groups -OCH3 is 4. The number of nitrogens with one attached hydrogen (secondary N) is 1. The van der Waals surface area contributed by atoms with Gasteiger partial charge in [0.15, 0.2) is 23.0 Å². The average molecular weight is 385 g/mol. The Morgan fingerprint density at radius 1 is 0.929 bits per heavy atom. The first kappa shape index (κ1) is 19.9. The lowest BCUT2D eigenvalue weighted by atomic mass is 10.1. The Balaban J connectivity index is 1.63. The molecule has 0 unspecified atom stereocenters. The number of ether oxygens (including phenoxy) is 4. The van der Waals surface area contributed by atoms with Gasteiger partial charge in [-0.3, -0.25) is 4.79 Å². The quantitative estimate of drug-likeness (QED) is 0.754. The third kappa shape index (κ3) is 4.16. The molecule has 0 saturated heterocycles. The highest BCUT2D eigenvalue weighted by atomic mass is 16.5. The summed E-state index contributed by atoms with van der Waals surface area (Å²) in [5, 5.41) is 3.15. The minimum absolute atomic E-state index is 0.00714. The van der Waals surface area contributed by atoms with E-state index in [0.717, 1.165) is 29.7 Å². The molecular weight excluding hydrogens is 358 g/mol. The van der Waals surface area contributed by atoms with E-state index in [2.05, 4.69) is 5.32 Å². The topological polar surface area (TPSA) is 66.0 Å². The lowest BCUT2D eigenvalue weighted by Crippen LogP contribution is -2.27. The van der Waals surface area contributed by atoms with E-state index in [1.165, 1.54) is 5.56 Å². The molecule has 0 bridgehead atoms. The minimum Gasteiger partial charge on any atom is -0.493 e. The Morgan fingerprint density at radius 3 is 2.25 bits per heavy atom. The second-order valence-corrected chi connectivity index (χ2v) is 6.75. The second kappa shape index (κ2) is 8.87. The first-order chi connectivity index (χ1) is 13.6. The van der Waals surface area contributed by atoms with Gasteiger partial charge in [-0.2, -0.15) is 0 Å². The summed E-state index contributed by atoms with van der Waals surface area (Å²) in [4.78, 5) is 12.5. The smallest absolute Gasteiger partial charge is 0.220 e. The summed E-state index contributed by atoms with van der Waals surface area (Å²) in [6.45, 7) is 0. The van der Waals surface area contributed by atoms with Crippen LogP contribution in [0.1, 0.15) is 35.6 Å². The molecule has 1 atom stereocenters. The van der Waals surface area contributed by atoms with Crippen LogP contribution in [0.3, 0.4) is 0 Å². The predicted octanol–water partition coefficient (Wildman–Crippen LogP) is 3.46. The molecule has 0 fully saturated rings. The molecule has 2 aromatic rings. The fourth-order valence-corrected chi connectivity index (χ4v) is 3.64. The summed E-state index contributed by atoms with van der Waals surface area (Å²) in [5.41, 5.74) is 3.34. The predicted molar refractivity (Wildman–Crippen MR) is 107 cm³/mol. The number of rotatable bonds is 8. The summed E-state index contributed by atoms with van der Waals surface area (Å²) >= 11 is 0. The molecule has 1 aliphatic rings. The average Bonchev–Trinajstić information content (AvgIpc) is 3.12. The van der Waals surface area contributed by atoms with Crippen molar-refractivity contribution in [2.24, 2.45) is 0 Å². The van der Waals surface area contributed by atoms with Crippen LogP contribution < -0.4 is 24.3 Å². The van der Waals surface area contributed by atoms with Crippen molar-refractivity contribution in [1.82, 2.24) is 5.32 Å². The van der Waals surface area contributed by atoms with Crippen molar-refractivity contribution in [2.75, 3.05) is 28.4 Å². The Hall–Kier alpha value is -2.89. The van der Waals surface area contributed by atoms with Gasteiger partial charge in [-0.15, -0.1) is 0 Å². The first-order valence-corrected chi connectivity index (χ1v) is 9.34. The maximum Gasteiger partial charge on any atom is 0.220 e. The van der Waals surface area contributed by atoms with Crippen molar-refractivity contribution < 1.29 is 23.7 Å². The number of hydrogen-bond acceptors (Lipinski definition) is 5. The van der Waals surface area contributed by atoms with Gasteiger partial charge in [0.25, 0.3) is 0 Å². The van der Waals surface area contributed by atoms with E-state index in [4.69, 9.17) is 18.9 Å². The van der Waals surface area contributed by atoms with Crippen LogP contribution in [-0.2, 0) is 17.6 Å². The number of aryl methyl sites for hydroxylation is 2. The van der Waals surface area contributed by atoms with Gasteiger partial charge in [0.05, 0.1) is 34.5 Å². The zero-order chi connectivity index (χ0) is 20.1. The van der Waals surface area contributed by atoms with Crippen LogP contribution in [0.4, 0.5) is 0 Å². The van der Waals surface area contributed by atoms with Crippen molar-refractivity contribution in [1.29, 1.82) is 0 Å². The molecule has 3 rings (SSSR count). The first-order valence-electron chi connectivity index (χ1n) is 9.34. The maximum absolute atomic E-state index is 12.5. The summed E-state index contributed by atoms with van der Waals surface area (Å²) in [7, 11) is 6.46. The molecule has 1 N–H and O–H groups in total. The number of benzene rings is 2. The maximum atomic E-state index is 12.5. The van der Waals surface area contributed by atoms with E-state index >= 15 is 0 Å². The molecule has 6 heteroatoms. The van der Waals surface area contributed by atoms with Gasteiger partial charge in [0, 0.05) is 6.42 Å². The highest BCUT2D eigenvalue weighted by Gasteiger charge is 2.26. The zero-order valence-corrected chi connectivity index (χ0v) is 16.8. The van der Waals surface area contributed by atoms with E-state index in [0.29, 0.717) is 30.1 Å². The summed E-state index contributed by atoms with van der Waals surface area (Å²) in [6.07, 6.45) is 2.84. The molecule has 0 radical (unpaired) electrons. The van der Waals surface area contributed by atoms with Gasteiger partial charge in [0.2, 0.25) is 5.91 Å². The lowest BCUT2D eigenvalue weighted by Gasteiger charge is -2.16. The summed E-state index contributed by atoms with van der Waals surface area (Å²) < 4.78 is 21.3. The molecule has 28 heavy (non-hydrogen) atoms. The number of carbonyl (C=O) groups excluding carboxylic acids is 1. The fraction of sp³-hybridized carbons (Fsp3) is 0.409. The van der Waals surface area contributed by atoms with Crippen LogP contribution in [0.15, 0.2) is 30.3 Å². The SMILES string of the molecule is COc1ccc(CCC(=O)N[C@@H]2CCc3cc(OC)c(OC)cc32)cc1OC. The molecular formula is C22H27NO5. The Morgan fingerprint density at radius 2 is 1.57 bits per heavy atom. The Kier molecular flexibility index (Phi) is 6.29. The van der Waals surface area contributed by atoms with Crippen LogP contribution in [0, 0.1) is 0 Å². The number of amides is 1. The molecule has 0 spiro atoms. The normalized spacial score (nSPS) is 14.9. The summed E-state index contributed by atoms with van der Waals surface area (Å²) in [6, 6.07) is 9.71. The zero-order valence-electron chi connectivity index (χ0n) is 16.8. The van der Waals surface area contributed by atoms with Crippen molar-refractivity contribution in [3.63, 3.8) is 0 Å². The fourth-order valence-electron chi connectivity index (χ4n) is 3.64.